The number of aliphatic hydroxyl groups is 1. The molecule has 0 aromatic rings. The molecule has 0 aliphatic carbocycles. The molecule has 0 aliphatic heterocycles. The van der Waals surface area contributed by atoms with E-state index in [1.807, 2.05) is 0 Å². The Morgan fingerprint density at radius 1 is 0.269 bits per heavy atom. The van der Waals surface area contributed by atoms with E-state index in [0.29, 0.717) is 25.7 Å². The average Bonchev–Trinajstić information content (AvgIpc) is 0.900. The molecule has 17 nitrogen and oxygen atoms in total. The Bertz CT molecular complexity index is 2080. The van der Waals surface area contributed by atoms with Crippen LogP contribution in [-0.4, -0.2) is 96.7 Å². The van der Waals surface area contributed by atoms with Gasteiger partial charge in [-0.1, -0.05) is 421 Å². The maximum Gasteiger partial charge on any atom is 0.472 e. The molecule has 3 unspecified atom stereocenters. The lowest BCUT2D eigenvalue weighted by Crippen LogP contribution is -2.30. The summed E-state index contributed by atoms with van der Waals surface area (Å²) in [5.41, 5.74) is 0. The monoisotopic (exact) mass is 1580 g/mol. The molecule has 6 atom stereocenters. The van der Waals surface area contributed by atoms with Gasteiger partial charge >= 0.3 is 39.5 Å². The summed E-state index contributed by atoms with van der Waals surface area (Å²) in [4.78, 5) is 73.3. The van der Waals surface area contributed by atoms with Crippen molar-refractivity contribution in [2.75, 3.05) is 39.6 Å². The molecule has 3 N–H and O–H groups in total. The highest BCUT2D eigenvalue weighted by Gasteiger charge is 2.31. The van der Waals surface area contributed by atoms with Crippen LogP contribution in [0.25, 0.3) is 0 Å². The lowest BCUT2D eigenvalue weighted by atomic mass is 10.00. The van der Waals surface area contributed by atoms with Crippen molar-refractivity contribution in [1.29, 1.82) is 0 Å². The zero-order valence-electron chi connectivity index (χ0n) is 71.3. The third-order valence-electron chi connectivity index (χ3n) is 21.2. The molecule has 0 aromatic carbocycles. The summed E-state index contributed by atoms with van der Waals surface area (Å²) in [6.07, 6.45) is 71.0. The fourth-order valence-corrected chi connectivity index (χ4v) is 15.4. The van der Waals surface area contributed by atoms with Gasteiger partial charge in [-0.25, -0.2) is 9.13 Å². The van der Waals surface area contributed by atoms with Crippen LogP contribution in [0.1, 0.15) is 472 Å². The largest absolute Gasteiger partial charge is 0.472 e. The molecule has 108 heavy (non-hydrogen) atoms. The van der Waals surface area contributed by atoms with Crippen molar-refractivity contribution in [3.63, 3.8) is 0 Å². The topological polar surface area (TPSA) is 237 Å². The Morgan fingerprint density at radius 2 is 0.472 bits per heavy atom. The number of phosphoric ester groups is 2. The van der Waals surface area contributed by atoms with E-state index in [4.69, 9.17) is 37.0 Å². The minimum atomic E-state index is -4.97. The number of rotatable bonds is 87. The Balaban J connectivity index is 5.22. The number of unbranched alkanes of at least 4 members (excludes halogenated alkanes) is 54. The molecule has 0 heterocycles. The molecular weight excluding hydrogens is 1400 g/mol. The Hall–Kier alpha value is -1.94. The third kappa shape index (κ3) is 80.7. The van der Waals surface area contributed by atoms with Crippen molar-refractivity contribution in [2.45, 2.75) is 491 Å². The van der Waals surface area contributed by atoms with Gasteiger partial charge in [0.1, 0.15) is 19.3 Å². The summed E-state index contributed by atoms with van der Waals surface area (Å²) < 4.78 is 69.0. The van der Waals surface area contributed by atoms with Gasteiger partial charge in [0.15, 0.2) is 12.2 Å². The summed E-state index contributed by atoms with van der Waals surface area (Å²) >= 11 is 0. The number of aliphatic hydroxyl groups excluding tert-OH is 1. The first-order valence-electron chi connectivity index (χ1n) is 45.9. The molecule has 0 saturated heterocycles. The second kappa shape index (κ2) is 78.9. The summed E-state index contributed by atoms with van der Waals surface area (Å²) in [6.45, 7) is 12.0. The van der Waals surface area contributed by atoms with Gasteiger partial charge in [-0.05, 0) is 43.4 Å². The number of esters is 4. The van der Waals surface area contributed by atoms with Gasteiger partial charge in [0.25, 0.3) is 0 Å². The van der Waals surface area contributed by atoms with Crippen molar-refractivity contribution in [3.8, 4) is 0 Å². The van der Waals surface area contributed by atoms with Crippen LogP contribution in [0.2, 0.25) is 0 Å². The van der Waals surface area contributed by atoms with Gasteiger partial charge in [0.2, 0.25) is 0 Å². The van der Waals surface area contributed by atoms with Gasteiger partial charge in [0.05, 0.1) is 26.4 Å². The van der Waals surface area contributed by atoms with E-state index >= 15 is 0 Å². The van der Waals surface area contributed by atoms with Gasteiger partial charge in [-0.15, -0.1) is 0 Å². The molecule has 0 radical (unpaired) electrons. The van der Waals surface area contributed by atoms with Crippen molar-refractivity contribution < 1.29 is 80.2 Å². The van der Waals surface area contributed by atoms with Gasteiger partial charge in [-0.2, -0.15) is 0 Å². The molecule has 0 rings (SSSR count). The third-order valence-corrected chi connectivity index (χ3v) is 23.1. The van der Waals surface area contributed by atoms with Crippen LogP contribution in [0.3, 0.4) is 0 Å². The number of hydrogen-bond acceptors (Lipinski definition) is 15. The van der Waals surface area contributed by atoms with E-state index in [2.05, 4.69) is 48.5 Å². The molecule has 0 aromatic heterocycles. The molecule has 0 amide bonds. The van der Waals surface area contributed by atoms with Crippen molar-refractivity contribution in [2.24, 2.45) is 17.8 Å². The van der Waals surface area contributed by atoms with Gasteiger partial charge in [0, 0.05) is 25.7 Å². The Labute approximate surface area is 664 Å². The second-order valence-corrected chi connectivity index (χ2v) is 36.1. The first-order chi connectivity index (χ1) is 52.3. The SMILES string of the molecule is CCCCCCCCCCCCCCCCCCCCCCCC(=O)OC[C@H](COP(=O)(O)OC[C@@H](O)COP(=O)(O)OC[C@@H](COC(=O)CCCCCCCCC(C)CC)OC(=O)CCCCCCCCCCCCCCCC(C)C)OC(=O)CCCCCCCCCCCCCCCCCCCCC(C)C. The standard InChI is InChI=1S/C89H174O17P2/c1-8-10-11-12-13-14-15-16-17-18-19-20-21-25-28-33-38-43-48-56-63-70-86(91)99-76-84(105-88(93)72-65-58-49-44-39-34-29-26-23-22-24-27-31-36-41-46-53-60-67-80(3)4)78-103-107(95,96)101-74-83(90)75-102-108(97,98)104-79-85(77-100-87(92)71-64-57-52-51-55-62-69-82(7)9-2)106-89(94)73-66-59-50-45-40-35-30-32-37-42-47-54-61-68-81(5)6/h80-85,90H,8-79H2,1-7H3,(H,95,96)(H,97,98)/t82?,83-,84-,85-/m1/s1. The van der Waals surface area contributed by atoms with Gasteiger partial charge < -0.3 is 33.8 Å². The van der Waals surface area contributed by atoms with Crippen LogP contribution in [-0.2, 0) is 65.4 Å². The van der Waals surface area contributed by atoms with E-state index in [1.54, 1.807) is 0 Å². The van der Waals surface area contributed by atoms with E-state index in [1.165, 1.54) is 276 Å². The molecule has 642 valence electrons. The average molecular weight is 1580 g/mol. The van der Waals surface area contributed by atoms with E-state index in [0.717, 1.165) is 114 Å². The highest BCUT2D eigenvalue weighted by Crippen LogP contribution is 2.45. The molecule has 0 spiro atoms. The zero-order valence-corrected chi connectivity index (χ0v) is 73.1. The smallest absolute Gasteiger partial charge is 0.462 e. The molecule has 0 saturated carbocycles. The minimum Gasteiger partial charge on any atom is -0.462 e. The second-order valence-electron chi connectivity index (χ2n) is 33.2. The maximum absolute atomic E-state index is 13.2. The Morgan fingerprint density at radius 3 is 0.704 bits per heavy atom. The summed E-state index contributed by atoms with van der Waals surface area (Å²) in [5, 5.41) is 10.7. The van der Waals surface area contributed by atoms with Crippen LogP contribution in [0.4, 0.5) is 0 Å². The van der Waals surface area contributed by atoms with Crippen LogP contribution in [0.15, 0.2) is 0 Å². The maximum atomic E-state index is 13.2. The number of hydrogen-bond donors (Lipinski definition) is 3. The molecular formula is C89H174O17P2. The van der Waals surface area contributed by atoms with E-state index < -0.39 is 97.5 Å². The van der Waals surface area contributed by atoms with E-state index in [-0.39, 0.29) is 25.7 Å². The summed E-state index contributed by atoms with van der Waals surface area (Å²) in [6, 6.07) is 0. The molecule has 0 bridgehead atoms. The van der Waals surface area contributed by atoms with Crippen molar-refractivity contribution in [3.05, 3.63) is 0 Å². The predicted molar refractivity (Wildman–Crippen MR) is 446 cm³/mol. The zero-order chi connectivity index (χ0) is 79.3. The minimum absolute atomic E-state index is 0.106. The number of phosphoric acid groups is 2. The lowest BCUT2D eigenvalue weighted by molar-refractivity contribution is -0.161. The van der Waals surface area contributed by atoms with E-state index in [9.17, 15) is 43.2 Å². The fourth-order valence-electron chi connectivity index (χ4n) is 13.9. The van der Waals surface area contributed by atoms with Crippen LogP contribution in [0, 0.1) is 17.8 Å². The van der Waals surface area contributed by atoms with Crippen LogP contribution < -0.4 is 0 Å². The summed E-state index contributed by atoms with van der Waals surface area (Å²) in [7, 11) is -9.93. The molecule has 19 heteroatoms. The molecule has 0 aliphatic rings. The normalized spacial score (nSPS) is 14.1. The summed E-state index contributed by atoms with van der Waals surface area (Å²) in [5.74, 6) is 0.234. The molecule has 0 fully saturated rings. The Kier molecular flexibility index (Phi) is 77.5. The fraction of sp³-hybridized carbons (Fsp3) is 0.955. The number of ether oxygens (including phenoxy) is 4. The lowest BCUT2D eigenvalue weighted by Gasteiger charge is -2.21. The van der Waals surface area contributed by atoms with Crippen LogP contribution >= 0.6 is 15.6 Å². The highest BCUT2D eigenvalue weighted by atomic mass is 31.2. The predicted octanol–water partition coefficient (Wildman–Crippen LogP) is 27.3. The number of carbonyl (C=O) groups is 4. The van der Waals surface area contributed by atoms with Crippen molar-refractivity contribution in [1.82, 2.24) is 0 Å². The highest BCUT2D eigenvalue weighted by molar-refractivity contribution is 7.47. The van der Waals surface area contributed by atoms with Gasteiger partial charge in [-0.3, -0.25) is 37.3 Å². The van der Waals surface area contributed by atoms with Crippen molar-refractivity contribution >= 4 is 39.5 Å². The quantitative estimate of drug-likeness (QED) is 0.0222. The van der Waals surface area contributed by atoms with Crippen LogP contribution in [0.5, 0.6) is 0 Å². The first kappa shape index (κ1) is 106. The number of carbonyl (C=O) groups excluding carboxylic acids is 4. The first-order valence-corrected chi connectivity index (χ1v) is 48.9.